The highest BCUT2D eigenvalue weighted by molar-refractivity contribution is 6.46. The Morgan fingerprint density at radius 1 is 1.06 bits per heavy atom. The van der Waals surface area contributed by atoms with Crippen LogP contribution in [-0.2, 0) is 22.3 Å². The number of hydrogen-bond acceptors (Lipinski definition) is 5. The number of rotatable bonds is 6. The Morgan fingerprint density at radius 2 is 1.75 bits per heavy atom. The van der Waals surface area contributed by atoms with Gasteiger partial charge in [-0.3, -0.25) is 14.6 Å². The Morgan fingerprint density at radius 3 is 2.42 bits per heavy atom. The van der Waals surface area contributed by atoms with Crippen molar-refractivity contribution in [1.29, 1.82) is 0 Å². The van der Waals surface area contributed by atoms with Gasteiger partial charge in [0.2, 0.25) is 0 Å². The second-order valence-electron chi connectivity index (χ2n) is 8.60. The average Bonchev–Trinajstić information content (AvgIpc) is 3.08. The molecule has 0 radical (unpaired) electrons. The fourth-order valence-corrected chi connectivity index (χ4v) is 4.12. The van der Waals surface area contributed by atoms with Gasteiger partial charge >= 0.3 is 6.18 Å². The highest BCUT2D eigenvalue weighted by Crippen LogP contribution is 2.41. The first-order chi connectivity index (χ1) is 17.1. The maximum absolute atomic E-state index is 13.2. The van der Waals surface area contributed by atoms with Crippen LogP contribution in [-0.4, -0.2) is 32.8 Å². The van der Waals surface area contributed by atoms with E-state index < -0.39 is 35.2 Å². The number of ether oxygens (including phenoxy) is 1. The monoisotopic (exact) mass is 496 g/mol. The van der Waals surface area contributed by atoms with E-state index in [1.54, 1.807) is 36.4 Å². The Bertz CT molecular complexity index is 1320. The Hall–Kier alpha value is -4.14. The largest absolute Gasteiger partial charge is 0.507 e. The third kappa shape index (κ3) is 5.10. The van der Waals surface area contributed by atoms with Crippen molar-refractivity contribution in [3.8, 4) is 5.75 Å². The van der Waals surface area contributed by atoms with Crippen molar-refractivity contribution < 1.29 is 32.6 Å². The number of aliphatic hydroxyl groups is 1. The van der Waals surface area contributed by atoms with Crippen LogP contribution in [0.1, 0.15) is 42.1 Å². The van der Waals surface area contributed by atoms with Crippen molar-refractivity contribution in [1.82, 2.24) is 9.88 Å². The fraction of sp³-hybridized carbons (Fsp3) is 0.222. The highest BCUT2D eigenvalue weighted by Gasteiger charge is 2.46. The summed E-state index contributed by atoms with van der Waals surface area (Å²) in [6.45, 7) is 3.42. The molecule has 2 aromatic carbocycles. The SMILES string of the molecule is CC(C)Oc1cccc(/C(O)=C2\C(=O)C(=O)N(Cc3cccc(C(F)(F)F)c3)C2c2ccncc2)c1. The van der Waals surface area contributed by atoms with Gasteiger partial charge in [-0.15, -0.1) is 0 Å². The van der Waals surface area contributed by atoms with E-state index in [2.05, 4.69) is 4.98 Å². The molecule has 6 nitrogen and oxygen atoms in total. The molecule has 9 heteroatoms. The van der Waals surface area contributed by atoms with Crippen LogP contribution in [0.3, 0.4) is 0 Å². The zero-order valence-electron chi connectivity index (χ0n) is 19.5. The van der Waals surface area contributed by atoms with Gasteiger partial charge in [-0.25, -0.2) is 0 Å². The van der Waals surface area contributed by atoms with E-state index in [-0.39, 0.29) is 29.3 Å². The molecule has 1 aromatic heterocycles. The summed E-state index contributed by atoms with van der Waals surface area (Å²) in [5, 5.41) is 11.2. The van der Waals surface area contributed by atoms with E-state index in [1.165, 1.54) is 24.5 Å². The van der Waals surface area contributed by atoms with Crippen LogP contribution in [0, 0.1) is 0 Å². The molecule has 0 spiro atoms. The van der Waals surface area contributed by atoms with Crippen molar-refractivity contribution in [2.24, 2.45) is 0 Å². The molecule has 4 rings (SSSR count). The van der Waals surface area contributed by atoms with Crippen LogP contribution in [0.15, 0.2) is 78.6 Å². The molecule has 0 bridgehead atoms. The molecule has 2 heterocycles. The Kier molecular flexibility index (Phi) is 6.83. The molecule has 1 atom stereocenters. The summed E-state index contributed by atoms with van der Waals surface area (Å²) in [7, 11) is 0. The van der Waals surface area contributed by atoms with Crippen molar-refractivity contribution in [2.45, 2.75) is 38.7 Å². The van der Waals surface area contributed by atoms with Crippen LogP contribution in [0.4, 0.5) is 13.2 Å². The number of hydrogen-bond donors (Lipinski definition) is 1. The number of pyridine rings is 1. The molecule has 0 saturated carbocycles. The molecular formula is C27H23F3N2O4. The van der Waals surface area contributed by atoms with E-state index >= 15 is 0 Å². The lowest BCUT2D eigenvalue weighted by Gasteiger charge is -2.25. The number of Topliss-reactive ketones (excluding diaryl/α,β-unsaturated/α-hetero) is 1. The van der Waals surface area contributed by atoms with Crippen molar-refractivity contribution in [3.05, 3.63) is 101 Å². The second kappa shape index (κ2) is 9.85. The predicted molar refractivity (Wildman–Crippen MR) is 126 cm³/mol. The molecule has 1 aliphatic heterocycles. The number of halogens is 3. The van der Waals surface area contributed by atoms with E-state index in [1.807, 2.05) is 13.8 Å². The number of carbonyl (C=O) groups is 2. The van der Waals surface area contributed by atoms with Gasteiger partial charge in [0.05, 0.1) is 23.3 Å². The smallest absolute Gasteiger partial charge is 0.416 e. The summed E-state index contributed by atoms with van der Waals surface area (Å²) in [5.74, 6) is -1.80. The lowest BCUT2D eigenvalue weighted by atomic mass is 9.95. The van der Waals surface area contributed by atoms with Crippen molar-refractivity contribution in [2.75, 3.05) is 0 Å². The number of benzene rings is 2. The topological polar surface area (TPSA) is 79.7 Å². The first kappa shape index (κ1) is 25.0. The second-order valence-corrected chi connectivity index (χ2v) is 8.60. The zero-order chi connectivity index (χ0) is 26.0. The number of likely N-dealkylation sites (tertiary alicyclic amines) is 1. The van der Waals surface area contributed by atoms with Crippen LogP contribution in [0.2, 0.25) is 0 Å². The first-order valence-electron chi connectivity index (χ1n) is 11.2. The van der Waals surface area contributed by atoms with Crippen LogP contribution < -0.4 is 4.74 Å². The summed E-state index contributed by atoms with van der Waals surface area (Å²) < 4.78 is 45.4. The molecule has 1 unspecified atom stereocenters. The molecule has 0 aliphatic carbocycles. The minimum Gasteiger partial charge on any atom is -0.507 e. The first-order valence-corrected chi connectivity index (χ1v) is 11.2. The van der Waals surface area contributed by atoms with Crippen LogP contribution in [0.5, 0.6) is 5.75 Å². The van der Waals surface area contributed by atoms with Crippen molar-refractivity contribution in [3.63, 3.8) is 0 Å². The average molecular weight is 496 g/mol. The molecule has 1 aliphatic rings. The summed E-state index contributed by atoms with van der Waals surface area (Å²) in [6.07, 6.45) is -1.75. The number of nitrogens with zero attached hydrogens (tertiary/aromatic N) is 2. The molecular weight excluding hydrogens is 473 g/mol. The van der Waals surface area contributed by atoms with E-state index in [0.717, 1.165) is 17.0 Å². The maximum atomic E-state index is 13.2. The van der Waals surface area contributed by atoms with Crippen LogP contribution >= 0.6 is 0 Å². The van der Waals surface area contributed by atoms with E-state index in [4.69, 9.17) is 4.74 Å². The number of alkyl halides is 3. The predicted octanol–water partition coefficient (Wildman–Crippen LogP) is 5.51. The molecule has 36 heavy (non-hydrogen) atoms. The van der Waals surface area contributed by atoms with Gasteiger partial charge in [0.25, 0.3) is 11.7 Å². The number of aliphatic hydroxyl groups excluding tert-OH is 1. The minimum atomic E-state index is -4.56. The molecule has 1 N–H and O–H groups in total. The molecule has 1 fully saturated rings. The standard InChI is InChI=1S/C27H23F3N2O4/c1-16(2)36-21-8-4-6-19(14-21)24(33)22-23(18-9-11-31-12-10-18)32(26(35)25(22)34)15-17-5-3-7-20(13-17)27(28,29)30/h3-14,16,23,33H,15H2,1-2H3/b24-22+. The summed E-state index contributed by atoms with van der Waals surface area (Å²) >= 11 is 0. The molecule has 186 valence electrons. The van der Waals surface area contributed by atoms with Gasteiger partial charge in [-0.1, -0.05) is 24.3 Å². The molecule has 1 saturated heterocycles. The third-order valence-electron chi connectivity index (χ3n) is 5.65. The number of aromatic nitrogens is 1. The normalized spacial score (nSPS) is 17.6. The van der Waals surface area contributed by atoms with Gasteiger partial charge in [0.15, 0.2) is 0 Å². The Labute approximate surface area is 205 Å². The molecule has 3 aromatic rings. The van der Waals surface area contributed by atoms with Gasteiger partial charge in [-0.2, -0.15) is 13.2 Å². The Balaban J connectivity index is 1.81. The lowest BCUT2D eigenvalue weighted by molar-refractivity contribution is -0.140. The summed E-state index contributed by atoms with van der Waals surface area (Å²) in [4.78, 5) is 31.4. The van der Waals surface area contributed by atoms with E-state index in [9.17, 15) is 27.9 Å². The number of amides is 1. The van der Waals surface area contributed by atoms with E-state index in [0.29, 0.717) is 11.3 Å². The van der Waals surface area contributed by atoms with Crippen molar-refractivity contribution >= 4 is 17.4 Å². The third-order valence-corrected chi connectivity index (χ3v) is 5.65. The molecule has 1 amide bonds. The number of ketones is 1. The lowest BCUT2D eigenvalue weighted by Crippen LogP contribution is -2.29. The van der Waals surface area contributed by atoms with Gasteiger partial charge < -0.3 is 14.7 Å². The van der Waals surface area contributed by atoms with Gasteiger partial charge in [0.1, 0.15) is 11.5 Å². The maximum Gasteiger partial charge on any atom is 0.416 e. The van der Waals surface area contributed by atoms with Crippen LogP contribution in [0.25, 0.3) is 5.76 Å². The van der Waals surface area contributed by atoms with Gasteiger partial charge in [0, 0.05) is 24.5 Å². The minimum absolute atomic E-state index is 0.128. The fourth-order valence-electron chi connectivity index (χ4n) is 4.12. The summed E-state index contributed by atoms with van der Waals surface area (Å²) in [6, 6.07) is 13.2. The zero-order valence-corrected chi connectivity index (χ0v) is 19.5. The quantitative estimate of drug-likeness (QED) is 0.277. The van der Waals surface area contributed by atoms with Gasteiger partial charge in [-0.05, 0) is 61.4 Å². The summed E-state index contributed by atoms with van der Waals surface area (Å²) in [5.41, 5.74) is -0.0893. The highest BCUT2D eigenvalue weighted by atomic mass is 19.4. The number of carbonyl (C=O) groups excluding carboxylic acids is 2.